The number of rotatable bonds is 4. The highest BCUT2D eigenvalue weighted by atomic mass is 19.1. The average Bonchev–Trinajstić information content (AvgIpc) is 2.57. The maximum atomic E-state index is 12.8. The second-order valence-corrected chi connectivity index (χ2v) is 4.48. The first kappa shape index (κ1) is 16.3. The van der Waals surface area contributed by atoms with Crippen molar-refractivity contribution in [3.8, 4) is 11.5 Å². The minimum Gasteiger partial charge on any atom is -0.497 e. The lowest BCUT2D eigenvalue weighted by Gasteiger charge is -2.11. The van der Waals surface area contributed by atoms with Crippen molar-refractivity contribution < 1.29 is 23.5 Å². The lowest BCUT2D eigenvalue weighted by atomic mass is 10.2. The fourth-order valence-electron chi connectivity index (χ4n) is 1.80. The molecule has 0 aliphatic heterocycles. The molecule has 0 bridgehead atoms. The van der Waals surface area contributed by atoms with Gasteiger partial charge in [-0.25, -0.2) is 4.39 Å². The number of hydrogen-bond donors (Lipinski definition) is 2. The lowest BCUT2D eigenvalue weighted by molar-refractivity contribution is -0.133. The van der Waals surface area contributed by atoms with Crippen LogP contribution in [0, 0.1) is 5.82 Å². The number of halogens is 1. The fourth-order valence-corrected chi connectivity index (χ4v) is 1.80. The summed E-state index contributed by atoms with van der Waals surface area (Å²) in [6.07, 6.45) is 0. The molecule has 0 aromatic heterocycles. The van der Waals surface area contributed by atoms with Gasteiger partial charge in [0, 0.05) is 11.8 Å². The zero-order valence-corrected chi connectivity index (χ0v) is 12.6. The normalized spacial score (nSPS) is 9.87. The van der Waals surface area contributed by atoms with E-state index in [9.17, 15) is 14.0 Å². The molecule has 120 valence electrons. The van der Waals surface area contributed by atoms with Crippen LogP contribution in [-0.4, -0.2) is 26.0 Å². The second kappa shape index (κ2) is 7.26. The van der Waals surface area contributed by atoms with Gasteiger partial charge in [0.25, 0.3) is 0 Å². The highest BCUT2D eigenvalue weighted by Crippen LogP contribution is 2.28. The predicted octanol–water partition coefficient (Wildman–Crippen LogP) is 2.42. The smallest absolute Gasteiger partial charge is 0.314 e. The van der Waals surface area contributed by atoms with Crippen LogP contribution >= 0.6 is 0 Å². The minimum atomic E-state index is -0.880. The monoisotopic (exact) mass is 318 g/mol. The Morgan fingerprint density at radius 3 is 2.17 bits per heavy atom. The minimum absolute atomic E-state index is 0.313. The van der Waals surface area contributed by atoms with E-state index in [4.69, 9.17) is 9.47 Å². The molecule has 2 amide bonds. The van der Waals surface area contributed by atoms with E-state index in [1.165, 1.54) is 38.5 Å². The lowest BCUT2D eigenvalue weighted by Crippen LogP contribution is -2.29. The summed E-state index contributed by atoms with van der Waals surface area (Å²) in [6, 6.07) is 9.83. The number of benzene rings is 2. The van der Waals surface area contributed by atoms with Crippen LogP contribution in [-0.2, 0) is 9.59 Å². The Morgan fingerprint density at radius 1 is 0.913 bits per heavy atom. The molecule has 23 heavy (non-hydrogen) atoms. The van der Waals surface area contributed by atoms with Crippen LogP contribution in [0.5, 0.6) is 11.5 Å². The summed E-state index contributed by atoms with van der Waals surface area (Å²) in [7, 11) is 2.94. The van der Waals surface area contributed by atoms with Gasteiger partial charge in [0.15, 0.2) is 0 Å². The van der Waals surface area contributed by atoms with Crippen LogP contribution in [0.15, 0.2) is 42.5 Å². The summed E-state index contributed by atoms with van der Waals surface area (Å²) < 4.78 is 23.0. The van der Waals surface area contributed by atoms with Gasteiger partial charge in [-0.1, -0.05) is 0 Å². The molecule has 0 saturated carbocycles. The second-order valence-electron chi connectivity index (χ2n) is 4.48. The number of nitrogens with one attached hydrogen (secondary N) is 2. The molecule has 2 rings (SSSR count). The van der Waals surface area contributed by atoms with E-state index < -0.39 is 17.6 Å². The third kappa shape index (κ3) is 4.19. The van der Waals surface area contributed by atoms with Gasteiger partial charge in [-0.3, -0.25) is 9.59 Å². The van der Waals surface area contributed by atoms with Crippen molar-refractivity contribution in [3.63, 3.8) is 0 Å². The zero-order chi connectivity index (χ0) is 16.8. The van der Waals surface area contributed by atoms with Gasteiger partial charge in [-0.2, -0.15) is 0 Å². The summed E-state index contributed by atoms with van der Waals surface area (Å²) >= 11 is 0. The van der Waals surface area contributed by atoms with Crippen LogP contribution in [0.2, 0.25) is 0 Å². The quantitative estimate of drug-likeness (QED) is 0.849. The Bertz CT molecular complexity index is 717. The molecular weight excluding hydrogens is 303 g/mol. The van der Waals surface area contributed by atoms with Gasteiger partial charge in [-0.15, -0.1) is 0 Å². The van der Waals surface area contributed by atoms with Gasteiger partial charge in [-0.05, 0) is 36.4 Å². The van der Waals surface area contributed by atoms with E-state index in [2.05, 4.69) is 10.6 Å². The summed E-state index contributed by atoms with van der Waals surface area (Å²) in [6.45, 7) is 0. The first-order valence-electron chi connectivity index (χ1n) is 6.63. The Hall–Kier alpha value is -3.09. The summed E-state index contributed by atoms with van der Waals surface area (Å²) in [5, 5.41) is 4.80. The number of carbonyl (C=O) groups is 2. The van der Waals surface area contributed by atoms with Crippen molar-refractivity contribution in [1.82, 2.24) is 0 Å². The molecule has 2 N–H and O–H groups in total. The molecule has 7 heteroatoms. The van der Waals surface area contributed by atoms with Crippen LogP contribution < -0.4 is 20.1 Å². The van der Waals surface area contributed by atoms with E-state index >= 15 is 0 Å². The van der Waals surface area contributed by atoms with Gasteiger partial charge >= 0.3 is 11.8 Å². The number of carbonyl (C=O) groups excluding carboxylic acids is 2. The van der Waals surface area contributed by atoms with Gasteiger partial charge in [0.2, 0.25) is 0 Å². The van der Waals surface area contributed by atoms with Gasteiger partial charge in [0.1, 0.15) is 17.3 Å². The highest BCUT2D eigenvalue weighted by Gasteiger charge is 2.16. The number of amides is 2. The Morgan fingerprint density at radius 2 is 1.57 bits per heavy atom. The van der Waals surface area contributed by atoms with E-state index in [1.807, 2.05) is 0 Å². The van der Waals surface area contributed by atoms with Crippen molar-refractivity contribution in [2.45, 2.75) is 0 Å². The molecule has 0 spiro atoms. The SMILES string of the molecule is COc1ccc(NC(=O)C(=O)Nc2ccc(F)cc2)c(OC)c1. The number of anilines is 2. The van der Waals surface area contributed by atoms with Crippen molar-refractivity contribution in [1.29, 1.82) is 0 Å². The first-order valence-corrected chi connectivity index (χ1v) is 6.63. The molecule has 2 aromatic rings. The predicted molar refractivity (Wildman–Crippen MR) is 83.2 cm³/mol. The topological polar surface area (TPSA) is 76.7 Å². The molecule has 0 radical (unpaired) electrons. The molecule has 0 unspecified atom stereocenters. The third-order valence-electron chi connectivity index (χ3n) is 2.97. The van der Waals surface area contributed by atoms with E-state index in [1.54, 1.807) is 18.2 Å². The van der Waals surface area contributed by atoms with Crippen molar-refractivity contribution in [2.24, 2.45) is 0 Å². The first-order chi connectivity index (χ1) is 11.0. The van der Waals surface area contributed by atoms with Crippen molar-refractivity contribution >= 4 is 23.2 Å². The van der Waals surface area contributed by atoms with Crippen LogP contribution in [0.1, 0.15) is 0 Å². The van der Waals surface area contributed by atoms with Crippen LogP contribution in [0.25, 0.3) is 0 Å². The third-order valence-corrected chi connectivity index (χ3v) is 2.97. The standard InChI is InChI=1S/C16H15FN2O4/c1-22-12-7-8-13(14(9-12)23-2)19-16(21)15(20)18-11-5-3-10(17)4-6-11/h3-9H,1-2H3,(H,18,20)(H,19,21). The number of methoxy groups -OCH3 is 2. The summed E-state index contributed by atoms with van der Waals surface area (Å²) in [5.41, 5.74) is 0.640. The number of hydrogen-bond acceptors (Lipinski definition) is 4. The summed E-state index contributed by atoms with van der Waals surface area (Å²) in [5.74, 6) is -1.29. The Labute approximate surface area is 132 Å². The van der Waals surface area contributed by atoms with Gasteiger partial charge in [0.05, 0.1) is 19.9 Å². The maximum Gasteiger partial charge on any atom is 0.314 e. The molecule has 0 aliphatic carbocycles. The van der Waals surface area contributed by atoms with Crippen LogP contribution in [0.3, 0.4) is 0 Å². The van der Waals surface area contributed by atoms with E-state index in [-0.39, 0.29) is 0 Å². The summed E-state index contributed by atoms with van der Waals surface area (Å²) in [4.78, 5) is 23.8. The zero-order valence-electron chi connectivity index (χ0n) is 12.6. The Kier molecular flexibility index (Phi) is 5.14. The molecule has 0 atom stereocenters. The molecular formula is C16H15FN2O4. The largest absolute Gasteiger partial charge is 0.497 e. The molecule has 0 aliphatic rings. The molecule has 0 saturated heterocycles. The van der Waals surface area contributed by atoms with Crippen molar-refractivity contribution in [2.75, 3.05) is 24.9 Å². The van der Waals surface area contributed by atoms with E-state index in [0.717, 1.165) is 0 Å². The molecule has 0 heterocycles. The highest BCUT2D eigenvalue weighted by molar-refractivity contribution is 6.43. The van der Waals surface area contributed by atoms with Gasteiger partial charge < -0.3 is 20.1 Å². The van der Waals surface area contributed by atoms with Crippen molar-refractivity contribution in [3.05, 3.63) is 48.3 Å². The molecule has 0 fully saturated rings. The average molecular weight is 318 g/mol. The molecule has 2 aromatic carbocycles. The van der Waals surface area contributed by atoms with Crippen LogP contribution in [0.4, 0.5) is 15.8 Å². The Balaban J connectivity index is 2.06. The maximum absolute atomic E-state index is 12.8. The molecule has 6 nitrogen and oxygen atoms in total. The van der Waals surface area contributed by atoms with E-state index in [0.29, 0.717) is 22.9 Å². The fraction of sp³-hybridized carbons (Fsp3) is 0.125. The number of ether oxygens (including phenoxy) is 2.